The number of carbonyl (C=O) groups excluding carboxylic acids is 2. The molecule has 0 aliphatic carbocycles. The molecule has 1 saturated heterocycles. The van der Waals surface area contributed by atoms with E-state index in [9.17, 15) is 29.7 Å². The van der Waals surface area contributed by atoms with E-state index in [2.05, 4.69) is 32.7 Å². The van der Waals surface area contributed by atoms with E-state index < -0.39 is 29.4 Å². The first-order chi connectivity index (χ1) is 31.5. The number of aliphatic hydroxyl groups is 2. The van der Waals surface area contributed by atoms with Crippen molar-refractivity contribution in [2.45, 2.75) is 44.2 Å². The van der Waals surface area contributed by atoms with Gasteiger partial charge in [0.1, 0.15) is 11.6 Å². The zero-order chi connectivity index (χ0) is 45.5. The minimum absolute atomic E-state index is 0.0595. The Morgan fingerprint density at radius 1 is 0.877 bits per heavy atom. The molecule has 1 aliphatic heterocycles. The van der Waals surface area contributed by atoms with Gasteiger partial charge in [0.05, 0.1) is 35.4 Å². The fourth-order valence-corrected chi connectivity index (χ4v) is 9.53. The van der Waals surface area contributed by atoms with Gasteiger partial charge in [-0.2, -0.15) is 0 Å². The van der Waals surface area contributed by atoms with Crippen LogP contribution in [-0.2, 0) is 34.8 Å². The highest BCUT2D eigenvalue weighted by atomic mass is 35.5. The summed E-state index contributed by atoms with van der Waals surface area (Å²) in [6.07, 6.45) is 0.747. The predicted octanol–water partition coefficient (Wildman–Crippen LogP) is 8.20. The van der Waals surface area contributed by atoms with E-state index in [1.54, 1.807) is 48.5 Å². The molecule has 0 saturated carbocycles. The summed E-state index contributed by atoms with van der Waals surface area (Å²) < 4.78 is 21.3. The number of fused-ring (bicyclic) bond motifs is 1. The number of benzene rings is 5. The van der Waals surface area contributed by atoms with E-state index in [0.29, 0.717) is 27.6 Å². The number of likely N-dealkylation sites (tertiary alicyclic amines) is 1. The first kappa shape index (κ1) is 45.4. The number of thiophene rings is 1. The molecule has 1 aliphatic rings. The number of nitrogens with one attached hydrogen (secondary N) is 3. The van der Waals surface area contributed by atoms with E-state index in [1.165, 1.54) is 47.2 Å². The summed E-state index contributed by atoms with van der Waals surface area (Å²) >= 11 is 7.85. The minimum Gasteiger partial charge on any atom is -0.506 e. The first-order valence-corrected chi connectivity index (χ1v) is 22.6. The topological polar surface area (TPSA) is 164 Å². The number of aromatic amines is 1. The maximum absolute atomic E-state index is 15.4. The third kappa shape index (κ3) is 10.5. The number of amides is 1. The van der Waals surface area contributed by atoms with Crippen LogP contribution in [0.4, 0.5) is 4.39 Å². The number of halogens is 2. The number of rotatable bonds is 16. The van der Waals surface area contributed by atoms with Gasteiger partial charge in [-0.1, -0.05) is 96.5 Å². The molecule has 6 N–H and O–H groups in total. The van der Waals surface area contributed by atoms with Gasteiger partial charge in [-0.05, 0) is 102 Å². The van der Waals surface area contributed by atoms with Crippen LogP contribution >= 0.6 is 22.9 Å². The van der Waals surface area contributed by atoms with Crippen molar-refractivity contribution in [1.82, 2.24) is 20.5 Å². The molecule has 8 rings (SSSR count). The monoisotopic (exact) mass is 914 g/mol. The average molecular weight is 915 g/mol. The van der Waals surface area contributed by atoms with Crippen LogP contribution in [0.3, 0.4) is 0 Å². The molecule has 1 amide bonds. The molecule has 14 heteroatoms. The SMILES string of the molecule is O=C(NCc1ccc(-c2cccc(C(O)(C(=O)OCC3CCN(Cc4ccccc4)CC3)c3ccccc3)c2)s1)c1c(F)cc(CNCC(O)c2ccc(O)c3[nH]c(=O)ccc23)cc1Cl. The second-order valence-electron chi connectivity index (χ2n) is 16.3. The normalized spacial score (nSPS) is 14.8. The Labute approximate surface area is 384 Å². The smallest absolute Gasteiger partial charge is 0.347 e. The number of carbonyl (C=O) groups is 2. The van der Waals surface area contributed by atoms with Crippen LogP contribution in [0.15, 0.2) is 138 Å². The van der Waals surface area contributed by atoms with Gasteiger partial charge in [-0.15, -0.1) is 11.3 Å². The van der Waals surface area contributed by atoms with Crippen molar-refractivity contribution in [2.24, 2.45) is 5.92 Å². The second-order valence-corrected chi connectivity index (χ2v) is 17.9. The maximum Gasteiger partial charge on any atom is 0.347 e. The Morgan fingerprint density at radius 2 is 1.62 bits per heavy atom. The standard InChI is InChI=1S/C51H48ClFN4O7S/c52-41-24-34(27-54-29-44(59)39-15-17-43(58)48-40(39)16-19-46(60)56-48)25-42(53)47(41)49(61)55-28-38-14-18-45(65-38)35-10-7-13-37(26-35)51(63,36-11-5-2-6-12-36)50(62)64-31-33-20-22-57(23-21-33)30-32-8-3-1-4-9-32/h1-19,24-26,33,44,54,58-59,63H,20-23,27-31H2,(H,55,61)(H,56,60). The Morgan fingerprint density at radius 3 is 2.37 bits per heavy atom. The number of hydrogen-bond donors (Lipinski definition) is 6. The molecule has 2 atom stereocenters. The summed E-state index contributed by atoms with van der Waals surface area (Å²) in [5, 5.41) is 39.6. The van der Waals surface area contributed by atoms with Gasteiger partial charge < -0.3 is 35.7 Å². The Bertz CT molecular complexity index is 2830. The Balaban J connectivity index is 0.875. The van der Waals surface area contributed by atoms with Crippen LogP contribution in [0.1, 0.15) is 62.0 Å². The van der Waals surface area contributed by atoms with Gasteiger partial charge >= 0.3 is 5.97 Å². The molecule has 2 unspecified atom stereocenters. The van der Waals surface area contributed by atoms with E-state index in [1.807, 2.05) is 42.5 Å². The molecular weight excluding hydrogens is 867 g/mol. The molecule has 1 fully saturated rings. The summed E-state index contributed by atoms with van der Waals surface area (Å²) in [4.78, 5) is 45.6. The van der Waals surface area contributed by atoms with E-state index in [0.717, 1.165) is 47.8 Å². The minimum atomic E-state index is -2.07. The van der Waals surface area contributed by atoms with Crippen LogP contribution < -0.4 is 16.2 Å². The molecule has 0 bridgehead atoms. The van der Waals surface area contributed by atoms with Crippen molar-refractivity contribution in [3.63, 3.8) is 0 Å². The lowest BCUT2D eigenvalue weighted by molar-refractivity contribution is -0.164. The molecule has 2 aromatic heterocycles. The number of aromatic nitrogens is 1. The van der Waals surface area contributed by atoms with Gasteiger partial charge in [0.25, 0.3) is 5.91 Å². The third-order valence-corrected chi connectivity index (χ3v) is 13.2. The van der Waals surface area contributed by atoms with Crippen LogP contribution in [-0.4, -0.2) is 63.3 Å². The largest absolute Gasteiger partial charge is 0.506 e. The molecule has 0 spiro atoms. The summed E-state index contributed by atoms with van der Waals surface area (Å²) in [7, 11) is 0. The lowest BCUT2D eigenvalue weighted by atomic mass is 9.85. The number of H-pyrrole nitrogens is 1. The van der Waals surface area contributed by atoms with Gasteiger partial charge in [-0.25, -0.2) is 9.18 Å². The van der Waals surface area contributed by atoms with Crippen LogP contribution in [0.2, 0.25) is 5.02 Å². The fraction of sp³-hybridized carbons (Fsp3) is 0.235. The highest BCUT2D eigenvalue weighted by Crippen LogP contribution is 2.36. The zero-order valence-corrected chi connectivity index (χ0v) is 36.9. The number of phenols is 1. The van der Waals surface area contributed by atoms with Crippen LogP contribution in [0, 0.1) is 11.7 Å². The van der Waals surface area contributed by atoms with Crippen molar-refractivity contribution in [1.29, 1.82) is 0 Å². The number of phenolic OH excluding ortho intramolecular Hbond substituents is 1. The van der Waals surface area contributed by atoms with Crippen molar-refractivity contribution in [3.8, 4) is 16.2 Å². The molecule has 3 heterocycles. The Hall–Kier alpha value is -6.19. The highest BCUT2D eigenvalue weighted by Gasteiger charge is 2.42. The van der Waals surface area contributed by atoms with Gasteiger partial charge in [0.15, 0.2) is 0 Å². The lowest BCUT2D eigenvalue weighted by Gasteiger charge is -2.33. The number of aromatic hydroxyl groups is 1. The quantitative estimate of drug-likeness (QED) is 0.0525. The molecule has 7 aromatic rings. The maximum atomic E-state index is 15.4. The molecule has 65 heavy (non-hydrogen) atoms. The van der Waals surface area contributed by atoms with Crippen molar-refractivity contribution < 1.29 is 34.0 Å². The fourth-order valence-electron chi connectivity index (χ4n) is 8.27. The van der Waals surface area contributed by atoms with Crippen LogP contribution in [0.25, 0.3) is 21.3 Å². The predicted molar refractivity (Wildman–Crippen MR) is 250 cm³/mol. The highest BCUT2D eigenvalue weighted by molar-refractivity contribution is 7.15. The molecule has 0 radical (unpaired) electrons. The zero-order valence-electron chi connectivity index (χ0n) is 35.3. The van der Waals surface area contributed by atoms with E-state index >= 15 is 4.39 Å². The van der Waals surface area contributed by atoms with Crippen molar-refractivity contribution in [2.75, 3.05) is 26.2 Å². The molecule has 334 valence electrons. The van der Waals surface area contributed by atoms with E-state index in [4.69, 9.17) is 16.3 Å². The number of hydrogen-bond acceptors (Lipinski definition) is 10. The van der Waals surface area contributed by atoms with Gasteiger partial charge in [-0.3, -0.25) is 14.5 Å². The number of aliphatic hydroxyl groups excluding tert-OH is 1. The summed E-state index contributed by atoms with van der Waals surface area (Å²) in [5.74, 6) is -2.18. The number of pyridine rings is 1. The summed E-state index contributed by atoms with van der Waals surface area (Å²) in [5.41, 5.74) is 1.15. The Kier molecular flexibility index (Phi) is 14.2. The molecule has 11 nitrogen and oxygen atoms in total. The lowest BCUT2D eigenvalue weighted by Crippen LogP contribution is -2.40. The summed E-state index contributed by atoms with van der Waals surface area (Å²) in [6, 6.07) is 38.5. The molecular formula is C51H48ClFN4O7S. The van der Waals surface area contributed by atoms with Gasteiger partial charge in [0, 0.05) is 46.4 Å². The first-order valence-electron chi connectivity index (χ1n) is 21.4. The number of piperidine rings is 1. The van der Waals surface area contributed by atoms with Gasteiger partial charge in [0.2, 0.25) is 11.2 Å². The van der Waals surface area contributed by atoms with Crippen LogP contribution in [0.5, 0.6) is 5.75 Å². The molecule has 5 aromatic carbocycles. The summed E-state index contributed by atoms with van der Waals surface area (Å²) in [6.45, 7) is 3.16. The third-order valence-electron chi connectivity index (χ3n) is 11.8. The second kappa shape index (κ2) is 20.3. The number of nitrogens with zero attached hydrogens (tertiary/aromatic N) is 1. The van der Waals surface area contributed by atoms with E-state index in [-0.39, 0.29) is 59.6 Å². The van der Waals surface area contributed by atoms with Crippen molar-refractivity contribution >= 4 is 45.7 Å². The van der Waals surface area contributed by atoms with Crippen molar-refractivity contribution in [3.05, 3.63) is 193 Å². The number of esters is 1. The number of ether oxygens (including phenoxy) is 1. The average Bonchev–Trinajstić information content (AvgIpc) is 3.80.